The highest BCUT2D eigenvalue weighted by Crippen LogP contribution is 2.68. The number of imide groups is 1. The normalized spacial score (nSPS) is 26.9. The molecule has 2 bridgehead atoms. The van der Waals surface area contributed by atoms with E-state index in [0.29, 0.717) is 29.5 Å². The first-order valence-electron chi connectivity index (χ1n) is 15.6. The van der Waals surface area contributed by atoms with Gasteiger partial charge in [-0.2, -0.15) is 0 Å². The quantitative estimate of drug-likeness (QED) is 0.205. The number of benzene rings is 3. The first-order chi connectivity index (χ1) is 22.8. The van der Waals surface area contributed by atoms with Crippen molar-refractivity contribution in [3.63, 3.8) is 0 Å². The molecule has 3 fully saturated rings. The van der Waals surface area contributed by atoms with Crippen LogP contribution < -0.4 is 24.6 Å². The van der Waals surface area contributed by atoms with Crippen molar-refractivity contribution in [2.24, 2.45) is 29.6 Å². The van der Waals surface area contributed by atoms with Gasteiger partial charge in [0.1, 0.15) is 0 Å². The van der Waals surface area contributed by atoms with Gasteiger partial charge in [-0.1, -0.05) is 51.5 Å². The molecule has 3 amide bonds. The smallest absolute Gasteiger partial charge is 0.305 e. The first kappa shape index (κ1) is 30.5. The highest BCUT2D eigenvalue weighted by Gasteiger charge is 2.69. The van der Waals surface area contributed by atoms with Crippen molar-refractivity contribution in [1.82, 2.24) is 4.98 Å². The Kier molecular flexibility index (Phi) is 7.76. The van der Waals surface area contributed by atoms with Gasteiger partial charge in [-0.15, -0.1) is 11.8 Å². The van der Waals surface area contributed by atoms with E-state index in [1.807, 2.05) is 67.6 Å². The number of thioether (sulfide) groups is 1. The van der Waals surface area contributed by atoms with Crippen molar-refractivity contribution in [2.75, 3.05) is 23.4 Å². The number of aromatic nitrogens is 1. The largest absolute Gasteiger partial charge is 0.490 e. The molecular formula is C35H30BrN3O6S2. The summed E-state index contributed by atoms with van der Waals surface area (Å²) in [5.41, 5.74) is 2.23. The number of hydrogen-bond acceptors (Lipinski definition) is 8. The van der Waals surface area contributed by atoms with Crippen LogP contribution in [-0.2, 0) is 14.4 Å². The van der Waals surface area contributed by atoms with Crippen LogP contribution in [0.3, 0.4) is 0 Å². The Morgan fingerprint density at radius 1 is 0.957 bits per heavy atom. The number of thiazole rings is 1. The van der Waals surface area contributed by atoms with Crippen molar-refractivity contribution in [1.29, 1.82) is 0 Å². The molecule has 8 rings (SSSR count). The van der Waals surface area contributed by atoms with E-state index in [2.05, 4.69) is 26.2 Å². The maximum Gasteiger partial charge on any atom is 0.305 e. The maximum atomic E-state index is 14.0. The van der Waals surface area contributed by atoms with Crippen molar-refractivity contribution in [3.05, 3.63) is 97.4 Å². The minimum absolute atomic E-state index is 0.0112. The van der Waals surface area contributed by atoms with Gasteiger partial charge in [-0.25, -0.2) is 0 Å². The van der Waals surface area contributed by atoms with Crippen LogP contribution in [0.15, 0.2) is 87.1 Å². The molecule has 3 heterocycles. The number of fused-ring (bicyclic) bond motifs is 9. The summed E-state index contributed by atoms with van der Waals surface area (Å²) in [6.07, 6.45) is 0.801. The lowest BCUT2D eigenvalue weighted by Crippen LogP contribution is -2.42. The standard InChI is InChI=1S/C35H30BrN3O6S2/c1-2-44-24-14-17(8-13-23(24)45-16-25(40)37-19-6-4-3-5-7-19)26-27-21-15-22(30(27)46-32-31(26)47-35(43)38-32)29-28(21)33(41)39(34(29)42)20-11-9-18(36)10-12-20/h3-14,21-22,26-30H,2,15-16H2,1H3,(H,37,40)(H,38,43)/t21-,22-,26-,27?,28?,29?,30?/m1/s1. The molecular weight excluding hydrogens is 702 g/mol. The third-order valence-electron chi connectivity index (χ3n) is 9.85. The summed E-state index contributed by atoms with van der Waals surface area (Å²) in [6.45, 7) is 2.08. The second kappa shape index (κ2) is 12.0. The zero-order valence-corrected chi connectivity index (χ0v) is 28.4. The summed E-state index contributed by atoms with van der Waals surface area (Å²) in [6, 6.07) is 22.2. The maximum absolute atomic E-state index is 14.0. The molecule has 9 nitrogen and oxygen atoms in total. The number of aromatic amines is 1. The Hall–Kier alpha value is -3.87. The van der Waals surface area contributed by atoms with Gasteiger partial charge in [0.15, 0.2) is 18.1 Å². The number of nitrogens with one attached hydrogen (secondary N) is 2. The molecule has 1 saturated heterocycles. The van der Waals surface area contributed by atoms with E-state index in [1.165, 1.54) is 16.2 Å². The predicted molar refractivity (Wildman–Crippen MR) is 183 cm³/mol. The van der Waals surface area contributed by atoms with Gasteiger partial charge >= 0.3 is 4.87 Å². The second-order valence-corrected chi connectivity index (χ2v) is 15.4. The van der Waals surface area contributed by atoms with E-state index in [-0.39, 0.29) is 64.0 Å². The van der Waals surface area contributed by atoms with Crippen LogP contribution in [0.1, 0.15) is 29.7 Å². The zero-order valence-electron chi connectivity index (χ0n) is 25.2. The van der Waals surface area contributed by atoms with Gasteiger partial charge < -0.3 is 19.8 Å². The summed E-state index contributed by atoms with van der Waals surface area (Å²) >= 11 is 6.31. The van der Waals surface area contributed by atoms with Crippen LogP contribution >= 0.6 is 39.0 Å². The average Bonchev–Trinajstić information content (AvgIpc) is 3.80. The second-order valence-electron chi connectivity index (χ2n) is 12.3. The average molecular weight is 733 g/mol. The minimum atomic E-state index is -0.394. The zero-order chi connectivity index (χ0) is 32.4. The summed E-state index contributed by atoms with van der Waals surface area (Å²) in [4.78, 5) is 58.5. The van der Waals surface area contributed by atoms with Gasteiger partial charge in [0.2, 0.25) is 11.8 Å². The highest BCUT2D eigenvalue weighted by atomic mass is 79.9. The van der Waals surface area contributed by atoms with Crippen LogP contribution in [0.5, 0.6) is 11.5 Å². The predicted octanol–water partition coefficient (Wildman–Crippen LogP) is 6.29. The number of hydrogen-bond donors (Lipinski definition) is 2. The van der Waals surface area contributed by atoms with Crippen LogP contribution in [0.4, 0.5) is 11.4 Å². The summed E-state index contributed by atoms with van der Waals surface area (Å²) in [5.74, 6) is -0.464. The highest BCUT2D eigenvalue weighted by molar-refractivity contribution is 9.10. The molecule has 0 spiro atoms. The number of nitrogens with zero attached hydrogens (tertiary/aromatic N) is 1. The van der Waals surface area contributed by atoms with Gasteiger partial charge in [0.25, 0.3) is 5.91 Å². The fourth-order valence-corrected chi connectivity index (χ4v) is 11.4. The number of carbonyl (C=O) groups is 3. The topological polar surface area (TPSA) is 118 Å². The van der Waals surface area contributed by atoms with E-state index >= 15 is 0 Å². The lowest BCUT2D eigenvalue weighted by molar-refractivity contribution is -0.123. The van der Waals surface area contributed by atoms with Gasteiger partial charge in [-0.3, -0.25) is 24.1 Å². The van der Waals surface area contributed by atoms with Crippen molar-refractivity contribution in [3.8, 4) is 11.5 Å². The first-order valence-corrected chi connectivity index (χ1v) is 18.1. The Balaban J connectivity index is 1.11. The number of amides is 3. The monoisotopic (exact) mass is 731 g/mol. The lowest BCUT2D eigenvalue weighted by Gasteiger charge is -2.43. The third kappa shape index (κ3) is 5.12. The number of anilines is 2. The molecule has 0 radical (unpaired) electrons. The van der Waals surface area contributed by atoms with Crippen LogP contribution in [0.25, 0.3) is 0 Å². The SMILES string of the molecule is CCOc1cc([C@H]2c3sc(=O)[nH]c3SC3C2[C@H]2C[C@@H]3C3C(=O)N(c4ccc(Br)cc4)C(=O)C32)ccc1OCC(=O)Nc1ccccc1. The van der Waals surface area contributed by atoms with E-state index in [9.17, 15) is 19.2 Å². The molecule has 47 heavy (non-hydrogen) atoms. The Morgan fingerprint density at radius 3 is 2.45 bits per heavy atom. The van der Waals surface area contributed by atoms with Gasteiger partial charge in [0, 0.05) is 26.2 Å². The Labute approximate surface area is 287 Å². The molecule has 2 saturated carbocycles. The number of carbonyl (C=O) groups excluding carboxylic acids is 3. The molecule has 3 aromatic carbocycles. The molecule has 2 aliphatic heterocycles. The fraction of sp³-hybridized carbons (Fsp3) is 0.314. The molecule has 240 valence electrons. The lowest BCUT2D eigenvalue weighted by atomic mass is 9.68. The molecule has 2 aliphatic carbocycles. The van der Waals surface area contributed by atoms with Crippen molar-refractivity contribution < 1.29 is 23.9 Å². The number of H-pyrrole nitrogens is 1. The number of para-hydroxylation sites is 1. The van der Waals surface area contributed by atoms with Crippen LogP contribution in [-0.4, -0.2) is 41.2 Å². The number of rotatable bonds is 8. The molecule has 1 aromatic heterocycles. The Morgan fingerprint density at radius 2 is 1.70 bits per heavy atom. The molecule has 2 N–H and O–H groups in total. The van der Waals surface area contributed by atoms with E-state index < -0.39 is 5.92 Å². The molecule has 4 aliphatic rings. The molecule has 4 aromatic rings. The van der Waals surface area contributed by atoms with E-state index in [4.69, 9.17) is 9.47 Å². The number of halogens is 1. The van der Waals surface area contributed by atoms with Gasteiger partial charge in [0.05, 0.1) is 29.2 Å². The minimum Gasteiger partial charge on any atom is -0.490 e. The van der Waals surface area contributed by atoms with E-state index in [0.717, 1.165) is 26.4 Å². The summed E-state index contributed by atoms with van der Waals surface area (Å²) in [5, 5.41) is 3.73. The van der Waals surface area contributed by atoms with Crippen molar-refractivity contribution >= 4 is 68.1 Å². The van der Waals surface area contributed by atoms with Gasteiger partial charge in [-0.05, 0) is 85.2 Å². The van der Waals surface area contributed by atoms with Crippen LogP contribution in [0, 0.1) is 29.6 Å². The third-order valence-corrected chi connectivity index (χ3v) is 13.0. The van der Waals surface area contributed by atoms with Crippen LogP contribution in [0.2, 0.25) is 0 Å². The number of ether oxygens (including phenoxy) is 2. The fourth-order valence-electron chi connectivity index (χ4n) is 8.20. The molecule has 4 unspecified atom stereocenters. The van der Waals surface area contributed by atoms with E-state index in [1.54, 1.807) is 23.9 Å². The Bertz CT molecular complexity index is 1950. The molecule has 12 heteroatoms. The molecule has 7 atom stereocenters. The summed E-state index contributed by atoms with van der Waals surface area (Å²) < 4.78 is 12.8. The summed E-state index contributed by atoms with van der Waals surface area (Å²) in [7, 11) is 0. The van der Waals surface area contributed by atoms with Crippen molar-refractivity contribution in [2.45, 2.75) is 29.5 Å².